The maximum atomic E-state index is 12.6. The second-order valence-corrected chi connectivity index (χ2v) is 4.49. The zero-order valence-corrected chi connectivity index (χ0v) is 11.0. The number of pyridine rings is 1. The van der Waals surface area contributed by atoms with E-state index < -0.39 is 11.9 Å². The number of halogens is 3. The monoisotopic (exact) mass is 297 g/mol. The van der Waals surface area contributed by atoms with E-state index in [9.17, 15) is 13.2 Å². The first-order valence-electron chi connectivity index (χ1n) is 6.15. The van der Waals surface area contributed by atoms with Gasteiger partial charge in [0.25, 0.3) is 0 Å². The Bertz CT molecular complexity index is 629. The molecule has 1 aromatic heterocycles. The van der Waals surface area contributed by atoms with E-state index in [2.05, 4.69) is 10.3 Å². The lowest BCUT2D eigenvalue weighted by atomic mass is 10.1. The van der Waals surface area contributed by atoms with Gasteiger partial charge < -0.3 is 16.2 Å². The van der Waals surface area contributed by atoms with Gasteiger partial charge in [0, 0.05) is 6.54 Å². The van der Waals surface area contributed by atoms with Gasteiger partial charge in [-0.2, -0.15) is 13.2 Å². The molecular formula is C14H14F3N3O. The molecule has 0 bridgehead atoms. The highest BCUT2D eigenvalue weighted by Crippen LogP contribution is 2.31. The smallest absolute Gasteiger partial charge is 0.396 e. The van der Waals surface area contributed by atoms with Crippen molar-refractivity contribution in [2.75, 3.05) is 11.1 Å². The predicted octanol–water partition coefficient (Wildman–Crippen LogP) is 2.79. The number of aliphatic hydroxyl groups is 1. The Kier molecular flexibility index (Phi) is 4.32. The highest BCUT2D eigenvalue weighted by Gasteiger charge is 2.32. The van der Waals surface area contributed by atoms with Crippen LogP contribution in [0.15, 0.2) is 36.5 Å². The Hall–Kier alpha value is -2.28. The first kappa shape index (κ1) is 15.1. The molecule has 4 N–H and O–H groups in total. The summed E-state index contributed by atoms with van der Waals surface area (Å²) in [5.41, 5.74) is 6.49. The topological polar surface area (TPSA) is 71.2 Å². The number of nitrogen functional groups attached to an aromatic ring is 1. The number of rotatable bonds is 4. The van der Waals surface area contributed by atoms with Crippen LogP contribution in [0, 0.1) is 0 Å². The number of benzene rings is 1. The van der Waals surface area contributed by atoms with Crippen LogP contribution < -0.4 is 11.1 Å². The number of aromatic nitrogens is 1. The average molecular weight is 297 g/mol. The summed E-state index contributed by atoms with van der Waals surface area (Å²) >= 11 is 0. The van der Waals surface area contributed by atoms with E-state index in [4.69, 9.17) is 10.8 Å². The number of aliphatic hydroxyl groups excluding tert-OH is 1. The van der Waals surface area contributed by atoms with Gasteiger partial charge in [0.2, 0.25) is 0 Å². The molecule has 0 saturated heterocycles. The highest BCUT2D eigenvalue weighted by atomic mass is 19.4. The van der Waals surface area contributed by atoms with Crippen molar-refractivity contribution in [3.05, 3.63) is 53.3 Å². The fraction of sp³-hybridized carbons (Fsp3) is 0.214. The quantitative estimate of drug-likeness (QED) is 0.811. The minimum Gasteiger partial charge on any atom is -0.396 e. The van der Waals surface area contributed by atoms with Crippen LogP contribution in [0.3, 0.4) is 0 Å². The Labute approximate surface area is 119 Å². The lowest BCUT2D eigenvalue weighted by molar-refractivity contribution is -0.141. The molecule has 1 aromatic carbocycles. The van der Waals surface area contributed by atoms with E-state index in [1.807, 2.05) is 0 Å². The average Bonchev–Trinajstić information content (AvgIpc) is 2.45. The molecule has 7 heteroatoms. The largest absolute Gasteiger partial charge is 0.433 e. The van der Waals surface area contributed by atoms with E-state index in [0.717, 1.165) is 23.4 Å². The number of hydrogen-bond donors (Lipinski definition) is 3. The van der Waals surface area contributed by atoms with Crippen LogP contribution in [0.4, 0.5) is 24.5 Å². The molecule has 0 radical (unpaired) electrons. The van der Waals surface area contributed by atoms with Crippen molar-refractivity contribution >= 4 is 11.4 Å². The number of alkyl halides is 3. The molecule has 0 fully saturated rings. The minimum atomic E-state index is -4.51. The molecule has 0 atom stereocenters. The van der Waals surface area contributed by atoms with E-state index >= 15 is 0 Å². The van der Waals surface area contributed by atoms with Gasteiger partial charge in [-0.1, -0.05) is 24.3 Å². The van der Waals surface area contributed by atoms with Crippen molar-refractivity contribution in [3.63, 3.8) is 0 Å². The van der Waals surface area contributed by atoms with Gasteiger partial charge in [0.15, 0.2) is 0 Å². The first-order chi connectivity index (χ1) is 9.90. The molecule has 1 heterocycles. The van der Waals surface area contributed by atoms with Crippen LogP contribution in [0.5, 0.6) is 0 Å². The molecule has 0 aliphatic carbocycles. The molecule has 0 saturated carbocycles. The molecule has 4 nitrogen and oxygen atoms in total. The van der Waals surface area contributed by atoms with Crippen LogP contribution in [0.2, 0.25) is 0 Å². The third-order valence-corrected chi connectivity index (χ3v) is 2.88. The standard InChI is InChI=1S/C14H14F3N3O/c15-14(16,17)13-5-12(11(18)7-20-13)19-6-9-2-1-3-10(4-9)8-21/h1-5,7,21H,6,8,18H2,(H,19,20). The van der Waals surface area contributed by atoms with Crippen molar-refractivity contribution in [3.8, 4) is 0 Å². The Morgan fingerprint density at radius 2 is 1.90 bits per heavy atom. The second-order valence-electron chi connectivity index (χ2n) is 4.49. The van der Waals surface area contributed by atoms with Crippen LogP contribution in [0.1, 0.15) is 16.8 Å². The molecule has 112 valence electrons. The normalized spacial score (nSPS) is 11.4. The summed E-state index contributed by atoms with van der Waals surface area (Å²) in [7, 11) is 0. The lowest BCUT2D eigenvalue weighted by Crippen LogP contribution is -2.11. The number of nitrogens with two attached hydrogens (primary N) is 1. The minimum absolute atomic E-state index is 0.0938. The highest BCUT2D eigenvalue weighted by molar-refractivity contribution is 5.65. The van der Waals surface area contributed by atoms with Gasteiger partial charge in [0.05, 0.1) is 24.2 Å². The van der Waals surface area contributed by atoms with Crippen LogP contribution in [0.25, 0.3) is 0 Å². The maximum absolute atomic E-state index is 12.6. The van der Waals surface area contributed by atoms with E-state index in [0.29, 0.717) is 6.54 Å². The van der Waals surface area contributed by atoms with Crippen molar-refractivity contribution in [2.24, 2.45) is 0 Å². The molecule has 0 amide bonds. The van der Waals surface area contributed by atoms with Gasteiger partial charge >= 0.3 is 6.18 Å². The molecule has 0 unspecified atom stereocenters. The Morgan fingerprint density at radius 3 is 2.57 bits per heavy atom. The zero-order valence-electron chi connectivity index (χ0n) is 11.0. The fourth-order valence-electron chi connectivity index (χ4n) is 1.81. The van der Waals surface area contributed by atoms with E-state index in [1.165, 1.54) is 0 Å². The third kappa shape index (κ3) is 3.85. The molecule has 0 aliphatic heterocycles. The number of hydrogen-bond acceptors (Lipinski definition) is 4. The molecule has 2 rings (SSSR count). The molecule has 2 aromatic rings. The SMILES string of the molecule is Nc1cnc(C(F)(F)F)cc1NCc1cccc(CO)c1. The van der Waals surface area contributed by atoms with Crippen molar-refractivity contribution in [1.29, 1.82) is 0 Å². The van der Waals surface area contributed by atoms with Gasteiger partial charge in [-0.05, 0) is 17.2 Å². The summed E-state index contributed by atoms with van der Waals surface area (Å²) in [5.74, 6) is 0. The van der Waals surface area contributed by atoms with Crippen molar-refractivity contribution in [2.45, 2.75) is 19.3 Å². The summed E-state index contributed by atoms with van der Waals surface area (Å²) in [6, 6.07) is 7.96. The summed E-state index contributed by atoms with van der Waals surface area (Å²) in [6.07, 6.45) is -3.53. The Balaban J connectivity index is 2.15. The van der Waals surface area contributed by atoms with Crippen molar-refractivity contribution in [1.82, 2.24) is 4.98 Å². The predicted molar refractivity (Wildman–Crippen MR) is 73.3 cm³/mol. The molecular weight excluding hydrogens is 283 g/mol. The third-order valence-electron chi connectivity index (χ3n) is 2.88. The zero-order chi connectivity index (χ0) is 15.5. The maximum Gasteiger partial charge on any atom is 0.433 e. The van der Waals surface area contributed by atoms with E-state index in [-0.39, 0.29) is 18.0 Å². The Morgan fingerprint density at radius 1 is 1.19 bits per heavy atom. The van der Waals surface area contributed by atoms with Gasteiger partial charge in [0.1, 0.15) is 5.69 Å². The number of nitrogens with zero attached hydrogens (tertiary/aromatic N) is 1. The first-order valence-corrected chi connectivity index (χ1v) is 6.15. The van der Waals surface area contributed by atoms with Gasteiger partial charge in [-0.25, -0.2) is 4.98 Å². The van der Waals surface area contributed by atoms with Crippen LogP contribution in [-0.2, 0) is 19.3 Å². The summed E-state index contributed by atoms with van der Waals surface area (Å²) in [5, 5.41) is 11.9. The lowest BCUT2D eigenvalue weighted by Gasteiger charge is -2.12. The van der Waals surface area contributed by atoms with Crippen molar-refractivity contribution < 1.29 is 18.3 Å². The number of anilines is 2. The fourth-order valence-corrected chi connectivity index (χ4v) is 1.81. The van der Waals surface area contributed by atoms with Crippen LogP contribution in [-0.4, -0.2) is 10.1 Å². The summed E-state index contributed by atoms with van der Waals surface area (Å²) in [4.78, 5) is 3.27. The summed E-state index contributed by atoms with van der Waals surface area (Å²) in [6.45, 7) is 0.197. The van der Waals surface area contributed by atoms with Crippen LogP contribution >= 0.6 is 0 Å². The molecule has 0 spiro atoms. The van der Waals surface area contributed by atoms with Gasteiger partial charge in [-0.3, -0.25) is 0 Å². The number of nitrogens with one attached hydrogen (secondary N) is 1. The van der Waals surface area contributed by atoms with Gasteiger partial charge in [-0.15, -0.1) is 0 Å². The molecule has 21 heavy (non-hydrogen) atoms. The second kappa shape index (κ2) is 6.01. The molecule has 0 aliphatic rings. The summed E-state index contributed by atoms with van der Waals surface area (Å²) < 4.78 is 37.8. The van der Waals surface area contributed by atoms with E-state index in [1.54, 1.807) is 24.3 Å².